The van der Waals surface area contributed by atoms with Gasteiger partial charge in [0.25, 0.3) is 5.89 Å². The van der Waals surface area contributed by atoms with E-state index < -0.39 is 0 Å². The first-order valence-corrected chi connectivity index (χ1v) is 8.63. The van der Waals surface area contributed by atoms with Gasteiger partial charge in [-0.2, -0.15) is 4.98 Å². The predicted molar refractivity (Wildman–Crippen MR) is 101 cm³/mol. The number of hydrogen-bond acceptors (Lipinski definition) is 6. The van der Waals surface area contributed by atoms with Gasteiger partial charge in [-0.1, -0.05) is 21.1 Å². The van der Waals surface area contributed by atoms with Gasteiger partial charge in [0.2, 0.25) is 0 Å². The lowest BCUT2D eigenvalue weighted by molar-refractivity contribution is 0.407. The topological polar surface area (TPSA) is 70.3 Å². The molecule has 0 atom stereocenters. The minimum atomic E-state index is 0.411. The molecule has 130 valence electrons. The Morgan fingerprint density at radius 2 is 1.88 bits per heavy atom. The normalized spacial score (nSPS) is 10.9. The second-order valence-corrected chi connectivity index (χ2v) is 6.53. The number of halogens is 1. The van der Waals surface area contributed by atoms with Crippen LogP contribution in [0.5, 0.6) is 17.2 Å². The first-order valence-electron chi connectivity index (χ1n) is 7.84. The van der Waals surface area contributed by atoms with Crippen molar-refractivity contribution in [3.8, 4) is 28.7 Å². The molecular weight excluding hydrogens is 398 g/mol. The standard InChI is InChI=1S/C19H14BrN3O3/c1-11-22-19(26-23-11)12-7-14(24-2)10-15(8-12)25-18-5-6-21-17-4-3-13(20)9-16(17)18/h3-10H,1-2H3. The number of methoxy groups -OCH3 is 1. The van der Waals surface area contributed by atoms with E-state index in [-0.39, 0.29) is 0 Å². The largest absolute Gasteiger partial charge is 0.497 e. The lowest BCUT2D eigenvalue weighted by Crippen LogP contribution is -1.91. The van der Waals surface area contributed by atoms with E-state index in [9.17, 15) is 0 Å². The van der Waals surface area contributed by atoms with Crippen LogP contribution in [0.4, 0.5) is 0 Å². The zero-order valence-electron chi connectivity index (χ0n) is 14.1. The van der Waals surface area contributed by atoms with Gasteiger partial charge in [0.05, 0.1) is 12.6 Å². The van der Waals surface area contributed by atoms with E-state index in [1.54, 1.807) is 26.3 Å². The third kappa shape index (κ3) is 3.25. The highest BCUT2D eigenvalue weighted by atomic mass is 79.9. The lowest BCUT2D eigenvalue weighted by atomic mass is 10.2. The van der Waals surface area contributed by atoms with E-state index >= 15 is 0 Å². The number of nitrogens with zero attached hydrogens (tertiary/aromatic N) is 3. The predicted octanol–water partition coefficient (Wildman–Crippen LogP) is 5.16. The Hall–Kier alpha value is -2.93. The molecule has 0 N–H and O–H groups in total. The lowest BCUT2D eigenvalue weighted by Gasteiger charge is -2.11. The van der Waals surface area contributed by atoms with Gasteiger partial charge in [0.1, 0.15) is 17.2 Å². The number of hydrogen-bond donors (Lipinski definition) is 0. The molecule has 0 spiro atoms. The molecule has 0 aliphatic heterocycles. The molecule has 7 heteroatoms. The van der Waals surface area contributed by atoms with Crippen molar-refractivity contribution >= 4 is 26.8 Å². The van der Waals surface area contributed by atoms with Gasteiger partial charge in [-0.25, -0.2) is 0 Å². The van der Waals surface area contributed by atoms with E-state index in [2.05, 4.69) is 31.1 Å². The van der Waals surface area contributed by atoms with Crippen molar-refractivity contribution < 1.29 is 14.0 Å². The monoisotopic (exact) mass is 411 g/mol. The molecule has 0 radical (unpaired) electrons. The average molecular weight is 412 g/mol. The van der Waals surface area contributed by atoms with Gasteiger partial charge in [-0.3, -0.25) is 4.98 Å². The number of benzene rings is 2. The Morgan fingerprint density at radius 3 is 2.65 bits per heavy atom. The minimum absolute atomic E-state index is 0.411. The summed E-state index contributed by atoms with van der Waals surface area (Å²) >= 11 is 3.49. The van der Waals surface area contributed by atoms with Gasteiger partial charge in [-0.05, 0) is 43.3 Å². The molecule has 4 aromatic rings. The van der Waals surface area contributed by atoms with Crippen molar-refractivity contribution in [2.75, 3.05) is 7.11 Å². The van der Waals surface area contributed by atoms with Crippen molar-refractivity contribution in [3.63, 3.8) is 0 Å². The summed E-state index contributed by atoms with van der Waals surface area (Å²) in [5.74, 6) is 2.90. The van der Waals surface area contributed by atoms with Crippen molar-refractivity contribution in [3.05, 3.63) is 59.0 Å². The van der Waals surface area contributed by atoms with Crippen LogP contribution >= 0.6 is 15.9 Å². The molecule has 0 aliphatic rings. The summed E-state index contributed by atoms with van der Waals surface area (Å²) in [6.45, 7) is 1.77. The summed E-state index contributed by atoms with van der Waals surface area (Å²) in [5.41, 5.74) is 1.57. The van der Waals surface area contributed by atoms with Gasteiger partial charge in [0.15, 0.2) is 5.82 Å². The summed E-state index contributed by atoms with van der Waals surface area (Å²) in [6.07, 6.45) is 1.72. The van der Waals surface area contributed by atoms with Crippen LogP contribution in [0.25, 0.3) is 22.4 Å². The molecule has 2 heterocycles. The van der Waals surface area contributed by atoms with Crippen LogP contribution in [0, 0.1) is 6.92 Å². The molecule has 0 saturated heterocycles. The SMILES string of the molecule is COc1cc(Oc2ccnc3ccc(Br)cc23)cc(-c2nc(C)no2)c1. The highest BCUT2D eigenvalue weighted by molar-refractivity contribution is 9.10. The van der Waals surface area contributed by atoms with Crippen LogP contribution in [0.15, 0.2) is 57.7 Å². The number of fused-ring (bicyclic) bond motifs is 1. The fraction of sp³-hybridized carbons (Fsp3) is 0.105. The smallest absolute Gasteiger partial charge is 0.258 e. The van der Waals surface area contributed by atoms with Crippen LogP contribution in [0.1, 0.15) is 5.82 Å². The highest BCUT2D eigenvalue weighted by Gasteiger charge is 2.12. The highest BCUT2D eigenvalue weighted by Crippen LogP contribution is 2.35. The molecule has 2 aromatic heterocycles. The van der Waals surface area contributed by atoms with Gasteiger partial charge >= 0.3 is 0 Å². The third-order valence-electron chi connectivity index (χ3n) is 3.78. The zero-order chi connectivity index (χ0) is 18.1. The van der Waals surface area contributed by atoms with Crippen molar-refractivity contribution in [2.45, 2.75) is 6.92 Å². The van der Waals surface area contributed by atoms with Gasteiger partial charge < -0.3 is 14.0 Å². The van der Waals surface area contributed by atoms with Crippen molar-refractivity contribution in [1.82, 2.24) is 15.1 Å². The maximum atomic E-state index is 6.13. The first-order chi connectivity index (χ1) is 12.6. The van der Waals surface area contributed by atoms with Crippen LogP contribution in [-0.2, 0) is 0 Å². The average Bonchev–Trinajstić information content (AvgIpc) is 3.08. The molecule has 0 aliphatic carbocycles. The molecule has 0 saturated carbocycles. The van der Waals surface area contributed by atoms with Crippen LogP contribution in [0.2, 0.25) is 0 Å². The fourth-order valence-corrected chi connectivity index (χ4v) is 2.96. The van der Waals surface area contributed by atoms with Crippen LogP contribution < -0.4 is 9.47 Å². The summed E-state index contributed by atoms with van der Waals surface area (Å²) in [7, 11) is 1.60. The Morgan fingerprint density at radius 1 is 1.04 bits per heavy atom. The van der Waals surface area contributed by atoms with Gasteiger partial charge in [-0.15, -0.1) is 0 Å². The maximum Gasteiger partial charge on any atom is 0.258 e. The Bertz CT molecular complexity index is 1090. The molecule has 26 heavy (non-hydrogen) atoms. The maximum absolute atomic E-state index is 6.13. The molecule has 0 bridgehead atoms. The molecule has 0 amide bonds. The van der Waals surface area contributed by atoms with Gasteiger partial charge in [0, 0.05) is 27.7 Å². The van der Waals surface area contributed by atoms with E-state index in [0.717, 1.165) is 20.9 Å². The number of aromatic nitrogens is 3. The van der Waals surface area contributed by atoms with E-state index in [1.165, 1.54) is 0 Å². The molecular formula is C19H14BrN3O3. The second kappa shape index (κ2) is 6.76. The number of aryl methyl sites for hydroxylation is 1. The summed E-state index contributed by atoms with van der Waals surface area (Å²) in [4.78, 5) is 8.63. The van der Waals surface area contributed by atoms with Crippen molar-refractivity contribution in [1.29, 1.82) is 0 Å². The molecule has 2 aromatic carbocycles. The Kier molecular flexibility index (Phi) is 4.30. The summed E-state index contributed by atoms with van der Waals surface area (Å²) < 4.78 is 17.7. The van der Waals surface area contributed by atoms with Crippen molar-refractivity contribution in [2.24, 2.45) is 0 Å². The Balaban J connectivity index is 1.78. The van der Waals surface area contributed by atoms with Crippen LogP contribution in [-0.4, -0.2) is 22.2 Å². The number of rotatable bonds is 4. The molecule has 0 unspecified atom stereocenters. The first kappa shape index (κ1) is 16.5. The Labute approximate surface area is 157 Å². The van der Waals surface area contributed by atoms with Crippen LogP contribution in [0.3, 0.4) is 0 Å². The quantitative estimate of drug-likeness (QED) is 0.461. The molecule has 6 nitrogen and oxygen atoms in total. The van der Waals surface area contributed by atoms with E-state index in [1.807, 2.05) is 36.4 Å². The summed E-state index contributed by atoms with van der Waals surface area (Å²) in [5, 5.41) is 4.73. The summed E-state index contributed by atoms with van der Waals surface area (Å²) in [6, 6.07) is 13.1. The van der Waals surface area contributed by atoms with E-state index in [4.69, 9.17) is 14.0 Å². The fourth-order valence-electron chi connectivity index (χ4n) is 2.60. The molecule has 0 fully saturated rings. The number of ether oxygens (including phenoxy) is 2. The third-order valence-corrected chi connectivity index (χ3v) is 4.27. The number of pyridine rings is 1. The van der Waals surface area contributed by atoms with E-state index in [0.29, 0.717) is 29.0 Å². The zero-order valence-corrected chi connectivity index (χ0v) is 15.6. The molecule has 4 rings (SSSR count). The second-order valence-electron chi connectivity index (χ2n) is 5.62. The minimum Gasteiger partial charge on any atom is -0.497 e.